The van der Waals surface area contributed by atoms with Crippen LogP contribution in [-0.4, -0.2) is 10.7 Å². The number of non-ortho nitro benzene ring substituents is 1. The number of carbonyl (C=O) groups is 1. The van der Waals surface area contributed by atoms with Crippen LogP contribution in [0.5, 0.6) is 0 Å². The Morgan fingerprint density at radius 2 is 1.90 bits per heavy atom. The van der Waals surface area contributed by atoms with Gasteiger partial charge in [-0.25, -0.2) is 0 Å². The molecule has 5 nitrogen and oxygen atoms in total. The Balaban J connectivity index is 2.00. The molecule has 0 aliphatic rings. The Morgan fingerprint density at radius 3 is 2.52 bits per heavy atom. The maximum absolute atomic E-state index is 11.9. The summed E-state index contributed by atoms with van der Waals surface area (Å²) in [6, 6.07) is 13.3. The average Bonchev–Trinajstić information content (AvgIpc) is 2.47. The smallest absolute Gasteiger partial charge is 0.269 e. The van der Waals surface area contributed by atoms with Crippen LogP contribution in [0.1, 0.15) is 15.9 Å². The van der Waals surface area contributed by atoms with Crippen molar-refractivity contribution in [2.45, 2.75) is 6.92 Å². The summed E-state index contributed by atoms with van der Waals surface area (Å²) in [6.07, 6.45) is 2.95. The van der Waals surface area contributed by atoms with E-state index < -0.39 is 4.92 Å². The summed E-state index contributed by atoms with van der Waals surface area (Å²) < 4.78 is 0. The number of nitro benzene ring substituents is 1. The minimum atomic E-state index is -0.497. The molecule has 0 saturated heterocycles. The summed E-state index contributed by atoms with van der Waals surface area (Å²) in [7, 11) is 0. The Bertz CT molecular complexity index is 691. The SMILES string of the molecule is Cc1cccc(N/C=C/C(=O)c2ccc([N+](=O)[O-])cc2)c1. The van der Waals surface area contributed by atoms with Gasteiger partial charge in [0.1, 0.15) is 0 Å². The number of carbonyl (C=O) groups excluding carboxylic acids is 1. The molecule has 0 heterocycles. The first-order valence-electron chi connectivity index (χ1n) is 6.35. The van der Waals surface area contributed by atoms with Gasteiger partial charge in [0.15, 0.2) is 5.78 Å². The van der Waals surface area contributed by atoms with E-state index in [2.05, 4.69) is 5.32 Å². The molecule has 0 fully saturated rings. The summed E-state index contributed by atoms with van der Waals surface area (Å²) in [6.45, 7) is 1.98. The van der Waals surface area contributed by atoms with E-state index in [0.29, 0.717) is 5.56 Å². The highest BCUT2D eigenvalue weighted by Gasteiger charge is 2.06. The second kappa shape index (κ2) is 6.47. The highest BCUT2D eigenvalue weighted by atomic mass is 16.6. The van der Waals surface area contributed by atoms with Crippen molar-refractivity contribution in [1.82, 2.24) is 0 Å². The molecular formula is C16H14N2O3. The summed E-state index contributed by atoms with van der Waals surface area (Å²) in [4.78, 5) is 21.9. The molecule has 2 aromatic rings. The molecule has 106 valence electrons. The van der Waals surface area contributed by atoms with Gasteiger partial charge in [-0.1, -0.05) is 12.1 Å². The number of allylic oxidation sites excluding steroid dienone is 1. The highest BCUT2D eigenvalue weighted by Crippen LogP contribution is 2.13. The van der Waals surface area contributed by atoms with Crippen molar-refractivity contribution >= 4 is 17.2 Å². The fourth-order valence-electron chi connectivity index (χ4n) is 1.79. The molecule has 2 rings (SSSR count). The lowest BCUT2D eigenvalue weighted by atomic mass is 10.1. The zero-order valence-corrected chi connectivity index (χ0v) is 11.4. The van der Waals surface area contributed by atoms with Crippen molar-refractivity contribution in [2.75, 3.05) is 5.32 Å². The average molecular weight is 282 g/mol. The molecule has 0 amide bonds. The van der Waals surface area contributed by atoms with Crippen LogP contribution in [0.25, 0.3) is 0 Å². The molecule has 5 heteroatoms. The van der Waals surface area contributed by atoms with Crippen LogP contribution in [0, 0.1) is 17.0 Å². The normalized spacial score (nSPS) is 10.5. The number of ketones is 1. The minimum Gasteiger partial charge on any atom is -0.362 e. The fraction of sp³-hybridized carbons (Fsp3) is 0.0625. The molecule has 1 N–H and O–H groups in total. The van der Waals surface area contributed by atoms with Gasteiger partial charge in [-0.2, -0.15) is 0 Å². The van der Waals surface area contributed by atoms with Crippen LogP contribution in [0.2, 0.25) is 0 Å². The number of anilines is 1. The van der Waals surface area contributed by atoms with Crippen molar-refractivity contribution in [3.8, 4) is 0 Å². The first-order valence-corrected chi connectivity index (χ1v) is 6.35. The van der Waals surface area contributed by atoms with Crippen molar-refractivity contribution in [3.05, 3.63) is 82.0 Å². The van der Waals surface area contributed by atoms with Gasteiger partial charge in [0.25, 0.3) is 5.69 Å². The third-order valence-corrected chi connectivity index (χ3v) is 2.87. The maximum Gasteiger partial charge on any atom is 0.269 e. The third kappa shape index (κ3) is 4.01. The first-order chi connectivity index (χ1) is 10.1. The zero-order chi connectivity index (χ0) is 15.2. The quantitative estimate of drug-likeness (QED) is 0.392. The van der Waals surface area contributed by atoms with E-state index >= 15 is 0 Å². The lowest BCUT2D eigenvalue weighted by Crippen LogP contribution is -1.97. The van der Waals surface area contributed by atoms with Crippen LogP contribution < -0.4 is 5.32 Å². The molecule has 0 atom stereocenters. The number of nitrogens with one attached hydrogen (secondary N) is 1. The predicted molar refractivity (Wildman–Crippen MR) is 81.4 cm³/mol. The van der Waals surface area contributed by atoms with Crippen LogP contribution in [0.4, 0.5) is 11.4 Å². The van der Waals surface area contributed by atoms with E-state index in [-0.39, 0.29) is 11.5 Å². The lowest BCUT2D eigenvalue weighted by Gasteiger charge is -2.01. The molecule has 0 aromatic heterocycles. The van der Waals surface area contributed by atoms with Gasteiger partial charge in [-0.3, -0.25) is 14.9 Å². The molecule has 0 bridgehead atoms. The summed E-state index contributed by atoms with van der Waals surface area (Å²) in [5.74, 6) is -0.218. The molecular weight excluding hydrogens is 268 g/mol. The van der Waals surface area contributed by atoms with E-state index in [4.69, 9.17) is 0 Å². The second-order valence-corrected chi connectivity index (χ2v) is 4.52. The second-order valence-electron chi connectivity index (χ2n) is 4.52. The Labute approximate surface area is 122 Å². The van der Waals surface area contributed by atoms with Gasteiger partial charge in [-0.05, 0) is 36.8 Å². The van der Waals surface area contributed by atoms with Crippen LogP contribution in [0.15, 0.2) is 60.8 Å². The van der Waals surface area contributed by atoms with Gasteiger partial charge < -0.3 is 5.32 Å². The Hall–Kier alpha value is -2.95. The standard InChI is InChI=1S/C16H14N2O3/c1-12-3-2-4-14(11-12)17-10-9-16(19)13-5-7-15(8-6-13)18(20)21/h2-11,17H,1H3/b10-9+. The number of rotatable bonds is 5. The Kier molecular flexibility index (Phi) is 4.46. The van der Waals surface area contributed by atoms with Crippen molar-refractivity contribution in [3.63, 3.8) is 0 Å². The zero-order valence-electron chi connectivity index (χ0n) is 11.4. The molecule has 21 heavy (non-hydrogen) atoms. The van der Waals surface area contributed by atoms with Gasteiger partial charge >= 0.3 is 0 Å². The van der Waals surface area contributed by atoms with E-state index in [1.165, 1.54) is 30.3 Å². The molecule has 0 spiro atoms. The maximum atomic E-state index is 11.9. The molecule has 0 saturated carbocycles. The first kappa shape index (κ1) is 14.5. The van der Waals surface area contributed by atoms with Crippen LogP contribution in [-0.2, 0) is 0 Å². The van der Waals surface area contributed by atoms with Gasteiger partial charge in [0, 0.05) is 35.7 Å². The molecule has 0 aliphatic carbocycles. The van der Waals surface area contributed by atoms with Gasteiger partial charge in [0.05, 0.1) is 4.92 Å². The molecule has 2 aromatic carbocycles. The minimum absolute atomic E-state index is 0.0339. The largest absolute Gasteiger partial charge is 0.362 e. The summed E-state index contributed by atoms with van der Waals surface area (Å²) >= 11 is 0. The monoisotopic (exact) mass is 282 g/mol. The van der Waals surface area contributed by atoms with Crippen LogP contribution in [0.3, 0.4) is 0 Å². The topological polar surface area (TPSA) is 72.2 Å². The number of benzene rings is 2. The number of nitrogens with zero attached hydrogens (tertiary/aromatic N) is 1. The molecule has 0 unspecified atom stereocenters. The number of hydrogen-bond acceptors (Lipinski definition) is 4. The molecule has 0 aliphatic heterocycles. The Morgan fingerprint density at radius 1 is 1.19 bits per heavy atom. The van der Waals surface area contributed by atoms with E-state index in [1.807, 2.05) is 31.2 Å². The van der Waals surface area contributed by atoms with Crippen molar-refractivity contribution < 1.29 is 9.72 Å². The predicted octanol–water partition coefficient (Wildman–Crippen LogP) is 3.71. The number of aryl methyl sites for hydroxylation is 1. The third-order valence-electron chi connectivity index (χ3n) is 2.87. The summed E-state index contributed by atoms with van der Waals surface area (Å²) in [5, 5.41) is 13.5. The lowest BCUT2D eigenvalue weighted by molar-refractivity contribution is -0.384. The van der Waals surface area contributed by atoms with E-state index in [1.54, 1.807) is 6.20 Å². The van der Waals surface area contributed by atoms with Gasteiger partial charge in [-0.15, -0.1) is 0 Å². The summed E-state index contributed by atoms with van der Waals surface area (Å²) in [5.41, 5.74) is 2.38. The number of hydrogen-bond donors (Lipinski definition) is 1. The number of nitro groups is 1. The van der Waals surface area contributed by atoms with Gasteiger partial charge in [0.2, 0.25) is 0 Å². The highest BCUT2D eigenvalue weighted by molar-refractivity contribution is 6.04. The van der Waals surface area contributed by atoms with Crippen molar-refractivity contribution in [2.24, 2.45) is 0 Å². The molecule has 0 radical (unpaired) electrons. The fourth-order valence-corrected chi connectivity index (χ4v) is 1.79. The van der Waals surface area contributed by atoms with E-state index in [9.17, 15) is 14.9 Å². The van der Waals surface area contributed by atoms with Crippen LogP contribution >= 0.6 is 0 Å². The van der Waals surface area contributed by atoms with E-state index in [0.717, 1.165) is 11.3 Å². The van der Waals surface area contributed by atoms with Crippen molar-refractivity contribution in [1.29, 1.82) is 0 Å².